The van der Waals surface area contributed by atoms with Crippen LogP contribution in [0.1, 0.15) is 28.4 Å². The van der Waals surface area contributed by atoms with Crippen molar-refractivity contribution in [2.24, 2.45) is 0 Å². The van der Waals surface area contributed by atoms with Gasteiger partial charge in [0.1, 0.15) is 11.6 Å². The Kier molecular flexibility index (Phi) is 4.93. The lowest BCUT2D eigenvalue weighted by molar-refractivity contribution is 0.0950. The number of ether oxygens (including phenoxy) is 1. The molecule has 1 amide bonds. The van der Waals surface area contributed by atoms with Crippen molar-refractivity contribution in [2.75, 3.05) is 6.61 Å². The average molecular weight is 287 g/mol. The molecule has 0 spiro atoms. The molecule has 2 aromatic rings. The van der Waals surface area contributed by atoms with Crippen molar-refractivity contribution in [3.05, 3.63) is 65.0 Å². The Balaban J connectivity index is 2.05. The van der Waals surface area contributed by atoms with E-state index in [0.29, 0.717) is 24.3 Å². The maximum Gasteiger partial charge on any atom is 0.251 e. The van der Waals surface area contributed by atoms with Gasteiger partial charge in [-0.2, -0.15) is 0 Å². The second kappa shape index (κ2) is 6.88. The van der Waals surface area contributed by atoms with E-state index in [9.17, 15) is 9.18 Å². The van der Waals surface area contributed by atoms with Gasteiger partial charge in [-0.05, 0) is 37.6 Å². The van der Waals surface area contributed by atoms with Gasteiger partial charge < -0.3 is 10.1 Å². The number of carbonyl (C=O) groups excluding carboxylic acids is 1. The second-order valence-corrected chi connectivity index (χ2v) is 4.69. The van der Waals surface area contributed by atoms with Crippen LogP contribution in [0.2, 0.25) is 0 Å². The summed E-state index contributed by atoms with van der Waals surface area (Å²) in [6.07, 6.45) is 0. The lowest BCUT2D eigenvalue weighted by Crippen LogP contribution is -2.23. The second-order valence-electron chi connectivity index (χ2n) is 4.69. The number of halogens is 1. The summed E-state index contributed by atoms with van der Waals surface area (Å²) in [4.78, 5) is 12.0. The first-order chi connectivity index (χ1) is 10.1. The zero-order valence-electron chi connectivity index (χ0n) is 12.2. The highest BCUT2D eigenvalue weighted by Gasteiger charge is 2.09. The van der Waals surface area contributed by atoms with Crippen LogP contribution in [-0.4, -0.2) is 12.5 Å². The van der Waals surface area contributed by atoms with Gasteiger partial charge in [0.05, 0.1) is 6.61 Å². The fraction of sp³-hybridized carbons (Fsp3) is 0.235. The lowest BCUT2D eigenvalue weighted by Gasteiger charge is -2.11. The number of rotatable bonds is 5. The topological polar surface area (TPSA) is 38.3 Å². The van der Waals surface area contributed by atoms with E-state index in [-0.39, 0.29) is 11.7 Å². The Labute approximate surface area is 123 Å². The van der Waals surface area contributed by atoms with E-state index in [1.165, 1.54) is 6.07 Å². The van der Waals surface area contributed by atoms with Crippen LogP contribution in [0.15, 0.2) is 42.5 Å². The van der Waals surface area contributed by atoms with Crippen molar-refractivity contribution in [1.82, 2.24) is 5.32 Å². The van der Waals surface area contributed by atoms with Crippen LogP contribution < -0.4 is 10.1 Å². The number of benzene rings is 2. The van der Waals surface area contributed by atoms with Crippen LogP contribution in [0.25, 0.3) is 0 Å². The van der Waals surface area contributed by atoms with Gasteiger partial charge >= 0.3 is 0 Å². The molecule has 0 bridgehead atoms. The molecule has 0 aliphatic carbocycles. The molecule has 2 aromatic carbocycles. The summed E-state index contributed by atoms with van der Waals surface area (Å²) in [7, 11) is 0. The normalized spacial score (nSPS) is 10.2. The number of para-hydroxylation sites is 1. The van der Waals surface area contributed by atoms with E-state index in [0.717, 1.165) is 11.3 Å². The van der Waals surface area contributed by atoms with Crippen LogP contribution in [0.5, 0.6) is 5.75 Å². The molecule has 4 heteroatoms. The van der Waals surface area contributed by atoms with Crippen LogP contribution in [0.4, 0.5) is 4.39 Å². The van der Waals surface area contributed by atoms with Gasteiger partial charge in [0.25, 0.3) is 5.91 Å². The Bertz CT molecular complexity index is 640. The van der Waals surface area contributed by atoms with Crippen LogP contribution in [-0.2, 0) is 6.54 Å². The molecule has 0 heterocycles. The maximum atomic E-state index is 13.5. The van der Waals surface area contributed by atoms with E-state index in [2.05, 4.69) is 5.32 Å². The molecular formula is C17H18FNO2. The molecular weight excluding hydrogens is 269 g/mol. The first-order valence-corrected chi connectivity index (χ1v) is 6.87. The molecule has 0 aliphatic rings. The Morgan fingerprint density at radius 1 is 1.24 bits per heavy atom. The van der Waals surface area contributed by atoms with Crippen molar-refractivity contribution in [1.29, 1.82) is 0 Å². The van der Waals surface area contributed by atoms with E-state index >= 15 is 0 Å². The van der Waals surface area contributed by atoms with Crippen molar-refractivity contribution >= 4 is 5.91 Å². The van der Waals surface area contributed by atoms with Crippen molar-refractivity contribution < 1.29 is 13.9 Å². The summed E-state index contributed by atoms with van der Waals surface area (Å²) in [5.41, 5.74) is 1.72. The standard InChI is InChI=1S/C17H18FNO2/c1-3-21-16-7-5-4-6-14(16)11-19-17(20)13-9-8-12(2)15(18)10-13/h4-10H,3,11H2,1-2H3,(H,19,20). The van der Waals surface area contributed by atoms with Gasteiger partial charge in [0, 0.05) is 17.7 Å². The van der Waals surface area contributed by atoms with Gasteiger partial charge in [0.15, 0.2) is 0 Å². The van der Waals surface area contributed by atoms with E-state index < -0.39 is 0 Å². The highest BCUT2D eigenvalue weighted by Crippen LogP contribution is 2.18. The average Bonchev–Trinajstić information content (AvgIpc) is 2.49. The number of hydrogen-bond donors (Lipinski definition) is 1. The van der Waals surface area contributed by atoms with Crippen molar-refractivity contribution in [3.63, 3.8) is 0 Å². The zero-order chi connectivity index (χ0) is 15.2. The van der Waals surface area contributed by atoms with Crippen LogP contribution in [0.3, 0.4) is 0 Å². The minimum atomic E-state index is -0.377. The largest absolute Gasteiger partial charge is 0.494 e. The fourth-order valence-electron chi connectivity index (χ4n) is 1.96. The molecule has 21 heavy (non-hydrogen) atoms. The summed E-state index contributed by atoms with van der Waals surface area (Å²) < 4.78 is 19.0. The minimum Gasteiger partial charge on any atom is -0.494 e. The predicted molar refractivity (Wildman–Crippen MR) is 79.9 cm³/mol. The summed E-state index contributed by atoms with van der Waals surface area (Å²) in [6.45, 7) is 4.47. The van der Waals surface area contributed by atoms with Crippen molar-refractivity contribution in [3.8, 4) is 5.75 Å². The summed E-state index contributed by atoms with van der Waals surface area (Å²) >= 11 is 0. The number of carbonyl (C=O) groups is 1. The predicted octanol–water partition coefficient (Wildman–Crippen LogP) is 3.46. The molecule has 0 saturated heterocycles. The number of aryl methyl sites for hydroxylation is 1. The highest BCUT2D eigenvalue weighted by molar-refractivity contribution is 5.94. The third kappa shape index (κ3) is 3.81. The third-order valence-electron chi connectivity index (χ3n) is 3.15. The van der Waals surface area contributed by atoms with Gasteiger partial charge in [-0.3, -0.25) is 4.79 Å². The maximum absolute atomic E-state index is 13.5. The SMILES string of the molecule is CCOc1ccccc1CNC(=O)c1ccc(C)c(F)c1. The molecule has 0 fully saturated rings. The fourth-order valence-corrected chi connectivity index (χ4v) is 1.96. The van der Waals surface area contributed by atoms with Gasteiger partial charge in [-0.25, -0.2) is 4.39 Å². The number of amides is 1. The Morgan fingerprint density at radius 2 is 2.00 bits per heavy atom. The first-order valence-electron chi connectivity index (χ1n) is 6.87. The van der Waals surface area contributed by atoms with Gasteiger partial charge in [-0.15, -0.1) is 0 Å². The quantitative estimate of drug-likeness (QED) is 0.914. The van der Waals surface area contributed by atoms with E-state index in [1.807, 2.05) is 31.2 Å². The minimum absolute atomic E-state index is 0.305. The summed E-state index contributed by atoms with van der Waals surface area (Å²) in [5.74, 6) is 0.0629. The molecule has 0 radical (unpaired) electrons. The molecule has 3 nitrogen and oxygen atoms in total. The first kappa shape index (κ1) is 15.0. The Morgan fingerprint density at radius 3 is 2.71 bits per heavy atom. The highest BCUT2D eigenvalue weighted by atomic mass is 19.1. The van der Waals surface area contributed by atoms with Gasteiger partial charge in [0.2, 0.25) is 0 Å². The molecule has 0 aromatic heterocycles. The molecule has 2 rings (SSSR count). The molecule has 0 aliphatic heterocycles. The van der Waals surface area contributed by atoms with Crippen molar-refractivity contribution in [2.45, 2.75) is 20.4 Å². The van der Waals surface area contributed by atoms with Gasteiger partial charge in [-0.1, -0.05) is 24.3 Å². The smallest absolute Gasteiger partial charge is 0.251 e. The Hall–Kier alpha value is -2.36. The molecule has 0 unspecified atom stereocenters. The summed E-state index contributed by atoms with van der Waals surface area (Å²) in [6, 6.07) is 12.0. The molecule has 0 atom stereocenters. The van der Waals surface area contributed by atoms with E-state index in [1.54, 1.807) is 19.1 Å². The molecule has 110 valence electrons. The molecule has 0 saturated carbocycles. The lowest BCUT2D eigenvalue weighted by atomic mass is 10.1. The van der Waals surface area contributed by atoms with Crippen LogP contribution in [0, 0.1) is 12.7 Å². The zero-order valence-corrected chi connectivity index (χ0v) is 12.2. The molecule has 1 N–H and O–H groups in total. The summed E-state index contributed by atoms with van der Waals surface area (Å²) in [5, 5.41) is 2.78. The number of hydrogen-bond acceptors (Lipinski definition) is 2. The number of nitrogens with one attached hydrogen (secondary N) is 1. The third-order valence-corrected chi connectivity index (χ3v) is 3.15. The van der Waals surface area contributed by atoms with Crippen LogP contribution >= 0.6 is 0 Å². The van der Waals surface area contributed by atoms with E-state index in [4.69, 9.17) is 4.74 Å². The monoisotopic (exact) mass is 287 g/mol.